The van der Waals surface area contributed by atoms with Crippen LogP contribution in [0.3, 0.4) is 0 Å². The molecule has 0 fully saturated rings. The summed E-state index contributed by atoms with van der Waals surface area (Å²) in [6.07, 6.45) is 8.79. The van der Waals surface area contributed by atoms with Crippen molar-refractivity contribution < 1.29 is 4.79 Å². The van der Waals surface area contributed by atoms with E-state index in [4.69, 9.17) is 0 Å². The SMILES string of the molecule is O=C(Nc1ccnnc1)C1CCc2c(sc3ncnc(Nc4ccc5[nH]ncc5c4)c23)C1. The Kier molecular flexibility index (Phi) is 4.50. The van der Waals surface area contributed by atoms with Crippen molar-refractivity contribution in [1.82, 2.24) is 30.4 Å². The zero-order valence-corrected chi connectivity index (χ0v) is 17.7. The Labute approximate surface area is 186 Å². The summed E-state index contributed by atoms with van der Waals surface area (Å²) in [7, 11) is 0. The summed E-state index contributed by atoms with van der Waals surface area (Å²) in [5.41, 5.74) is 3.84. The van der Waals surface area contributed by atoms with Crippen LogP contribution >= 0.6 is 11.3 Å². The first kappa shape index (κ1) is 18.8. The normalized spacial score (nSPS) is 15.6. The first-order valence-electron chi connectivity index (χ1n) is 10.3. The summed E-state index contributed by atoms with van der Waals surface area (Å²) >= 11 is 1.65. The molecule has 10 heteroatoms. The summed E-state index contributed by atoms with van der Waals surface area (Å²) in [4.78, 5) is 24.0. The van der Waals surface area contributed by atoms with Crippen LogP contribution in [-0.4, -0.2) is 36.3 Å². The average molecular weight is 443 g/mol. The molecule has 0 spiro atoms. The maximum atomic E-state index is 12.8. The molecule has 1 amide bonds. The van der Waals surface area contributed by atoms with Gasteiger partial charge in [-0.3, -0.25) is 9.89 Å². The third-order valence-electron chi connectivity index (χ3n) is 5.77. The molecule has 1 atom stereocenters. The van der Waals surface area contributed by atoms with E-state index in [2.05, 4.69) is 41.0 Å². The number of carbonyl (C=O) groups is 1. The highest BCUT2D eigenvalue weighted by Gasteiger charge is 2.29. The van der Waals surface area contributed by atoms with Crippen LogP contribution in [0.2, 0.25) is 0 Å². The first-order chi connectivity index (χ1) is 15.7. The Hall–Kier alpha value is -3.92. The Morgan fingerprint density at radius 2 is 2.09 bits per heavy atom. The van der Waals surface area contributed by atoms with Crippen LogP contribution in [0.1, 0.15) is 16.9 Å². The van der Waals surface area contributed by atoms with E-state index in [0.29, 0.717) is 12.1 Å². The fourth-order valence-electron chi connectivity index (χ4n) is 4.19. The van der Waals surface area contributed by atoms with Gasteiger partial charge in [0.15, 0.2) is 0 Å². The molecule has 1 aliphatic carbocycles. The lowest BCUT2D eigenvalue weighted by atomic mass is 9.87. The molecular formula is C22H18N8OS. The second-order valence-electron chi connectivity index (χ2n) is 7.76. The highest BCUT2D eigenvalue weighted by Crippen LogP contribution is 2.40. The quantitative estimate of drug-likeness (QED) is 0.386. The second-order valence-corrected chi connectivity index (χ2v) is 8.85. The Morgan fingerprint density at radius 3 is 3.00 bits per heavy atom. The maximum absolute atomic E-state index is 12.8. The number of rotatable bonds is 4. The van der Waals surface area contributed by atoms with E-state index in [0.717, 1.165) is 45.5 Å². The third-order valence-corrected chi connectivity index (χ3v) is 6.93. The number of aromatic nitrogens is 6. The molecule has 0 aliphatic heterocycles. The van der Waals surface area contributed by atoms with Crippen molar-refractivity contribution in [2.24, 2.45) is 5.92 Å². The zero-order chi connectivity index (χ0) is 21.5. The van der Waals surface area contributed by atoms with Crippen molar-refractivity contribution in [3.8, 4) is 0 Å². The lowest BCUT2D eigenvalue weighted by molar-refractivity contribution is -0.120. The van der Waals surface area contributed by atoms with Gasteiger partial charge in [-0.25, -0.2) is 9.97 Å². The van der Waals surface area contributed by atoms with Gasteiger partial charge in [0.25, 0.3) is 0 Å². The summed E-state index contributed by atoms with van der Waals surface area (Å²) in [5, 5.41) is 23.1. The van der Waals surface area contributed by atoms with Crippen molar-refractivity contribution in [2.45, 2.75) is 19.3 Å². The van der Waals surface area contributed by atoms with Crippen LogP contribution in [0, 0.1) is 5.92 Å². The van der Waals surface area contributed by atoms with E-state index in [1.54, 1.807) is 42.3 Å². The number of amides is 1. The van der Waals surface area contributed by atoms with Crippen molar-refractivity contribution in [3.05, 3.63) is 59.6 Å². The van der Waals surface area contributed by atoms with Gasteiger partial charge in [-0.1, -0.05) is 0 Å². The zero-order valence-electron chi connectivity index (χ0n) is 16.9. The number of anilines is 3. The topological polar surface area (TPSA) is 121 Å². The molecular weight excluding hydrogens is 424 g/mol. The van der Waals surface area contributed by atoms with Crippen LogP contribution in [0.15, 0.2) is 49.2 Å². The predicted molar refractivity (Wildman–Crippen MR) is 123 cm³/mol. The van der Waals surface area contributed by atoms with Crippen LogP contribution in [-0.2, 0) is 17.6 Å². The molecule has 5 aromatic rings. The van der Waals surface area contributed by atoms with Crippen molar-refractivity contribution in [3.63, 3.8) is 0 Å². The van der Waals surface area contributed by atoms with Gasteiger partial charge >= 0.3 is 0 Å². The fraction of sp³-hybridized carbons (Fsp3) is 0.182. The second kappa shape index (κ2) is 7.65. The lowest BCUT2D eigenvalue weighted by Crippen LogP contribution is -2.27. The number of thiophene rings is 1. The van der Waals surface area contributed by atoms with E-state index in [-0.39, 0.29) is 11.8 Å². The highest BCUT2D eigenvalue weighted by molar-refractivity contribution is 7.19. The largest absolute Gasteiger partial charge is 0.340 e. The van der Waals surface area contributed by atoms with Gasteiger partial charge in [-0.2, -0.15) is 15.3 Å². The summed E-state index contributed by atoms with van der Waals surface area (Å²) < 4.78 is 0. The minimum absolute atomic E-state index is 0.0129. The van der Waals surface area contributed by atoms with Gasteiger partial charge in [-0.05, 0) is 49.1 Å². The van der Waals surface area contributed by atoms with Crippen molar-refractivity contribution in [2.75, 3.05) is 10.6 Å². The average Bonchev–Trinajstić information content (AvgIpc) is 3.43. The number of benzene rings is 1. The minimum atomic E-state index is -0.0865. The number of nitrogens with one attached hydrogen (secondary N) is 3. The van der Waals surface area contributed by atoms with Gasteiger partial charge in [0.05, 0.1) is 35.2 Å². The standard InChI is InChI=1S/C22H18N8OS/c31-21(29-15-5-6-25-26-10-15)12-1-3-16-18(8-12)32-22-19(16)20(23-11-24-22)28-14-2-4-17-13(7-14)9-27-30-17/h2,4-7,9-12H,1,3,8H2,(H,27,30)(H,23,24,28)(H,25,29,31). The molecule has 4 heterocycles. The lowest BCUT2D eigenvalue weighted by Gasteiger charge is -2.21. The molecule has 1 aliphatic rings. The fourth-order valence-corrected chi connectivity index (χ4v) is 5.46. The Balaban J connectivity index is 1.28. The molecule has 0 bridgehead atoms. The number of aryl methyl sites for hydroxylation is 1. The summed E-state index contributed by atoms with van der Waals surface area (Å²) in [6.45, 7) is 0. The highest BCUT2D eigenvalue weighted by atomic mass is 32.1. The summed E-state index contributed by atoms with van der Waals surface area (Å²) in [6, 6.07) is 7.78. The van der Waals surface area contributed by atoms with Crippen LogP contribution in [0.4, 0.5) is 17.2 Å². The number of nitrogens with zero attached hydrogens (tertiary/aromatic N) is 5. The smallest absolute Gasteiger partial charge is 0.227 e. The van der Waals surface area contributed by atoms with E-state index < -0.39 is 0 Å². The van der Waals surface area contributed by atoms with E-state index >= 15 is 0 Å². The molecule has 9 nitrogen and oxygen atoms in total. The van der Waals surface area contributed by atoms with Crippen molar-refractivity contribution >= 4 is 55.6 Å². The molecule has 6 rings (SSSR count). The summed E-state index contributed by atoms with van der Waals surface area (Å²) in [5.74, 6) is 0.719. The number of hydrogen-bond donors (Lipinski definition) is 3. The predicted octanol–water partition coefficient (Wildman–Crippen LogP) is 3.84. The monoisotopic (exact) mass is 442 g/mol. The minimum Gasteiger partial charge on any atom is -0.340 e. The number of carbonyl (C=O) groups excluding carboxylic acids is 1. The molecule has 3 N–H and O–H groups in total. The Morgan fingerprint density at radius 1 is 1.12 bits per heavy atom. The molecule has 1 aromatic carbocycles. The molecule has 0 saturated carbocycles. The van der Waals surface area contributed by atoms with Crippen LogP contribution in [0.5, 0.6) is 0 Å². The van der Waals surface area contributed by atoms with E-state index in [9.17, 15) is 4.79 Å². The first-order valence-corrected chi connectivity index (χ1v) is 11.1. The van der Waals surface area contributed by atoms with Gasteiger partial charge in [0.2, 0.25) is 5.91 Å². The van der Waals surface area contributed by atoms with Crippen molar-refractivity contribution in [1.29, 1.82) is 0 Å². The molecule has 4 aromatic heterocycles. The third kappa shape index (κ3) is 3.34. The van der Waals surface area contributed by atoms with Gasteiger partial charge in [0.1, 0.15) is 17.0 Å². The van der Waals surface area contributed by atoms with Gasteiger partial charge < -0.3 is 10.6 Å². The molecule has 0 radical (unpaired) electrons. The molecule has 1 unspecified atom stereocenters. The van der Waals surface area contributed by atoms with Crippen LogP contribution < -0.4 is 10.6 Å². The maximum Gasteiger partial charge on any atom is 0.227 e. The molecule has 0 saturated heterocycles. The number of H-pyrrole nitrogens is 1. The van der Waals surface area contributed by atoms with Gasteiger partial charge in [-0.15, -0.1) is 11.3 Å². The van der Waals surface area contributed by atoms with Gasteiger partial charge in [0, 0.05) is 21.9 Å². The van der Waals surface area contributed by atoms with E-state index in [1.165, 1.54) is 10.4 Å². The molecule has 158 valence electrons. The number of fused-ring (bicyclic) bond motifs is 4. The Bertz CT molecular complexity index is 1440. The molecule has 32 heavy (non-hydrogen) atoms. The number of hydrogen-bond acceptors (Lipinski definition) is 8. The van der Waals surface area contributed by atoms with E-state index in [1.807, 2.05) is 18.2 Å². The van der Waals surface area contributed by atoms with Crippen LogP contribution in [0.25, 0.3) is 21.1 Å². The number of aromatic amines is 1.